The minimum absolute atomic E-state index is 0.000414. The Labute approximate surface area is 126 Å². The van der Waals surface area contributed by atoms with Crippen molar-refractivity contribution in [2.45, 2.75) is 0 Å². The number of non-ortho nitro benzene ring substituents is 1. The van der Waals surface area contributed by atoms with Crippen LogP contribution < -0.4 is 4.90 Å². The lowest BCUT2D eigenvalue weighted by molar-refractivity contribution is -0.384. The van der Waals surface area contributed by atoms with Crippen LogP contribution in [0.1, 0.15) is 10.4 Å². The number of nitro benzene ring substituents is 1. The number of aromatic carboxylic acids is 1. The van der Waals surface area contributed by atoms with Crippen LogP contribution in [0.2, 0.25) is 5.02 Å². The summed E-state index contributed by atoms with van der Waals surface area (Å²) in [5.74, 6) is -1.29. The molecule has 0 bridgehead atoms. The average Bonchev–Trinajstić information content (AvgIpc) is 2.42. The van der Waals surface area contributed by atoms with E-state index in [4.69, 9.17) is 16.3 Å². The molecule has 1 aromatic rings. The Kier molecular flexibility index (Phi) is 6.13. The van der Waals surface area contributed by atoms with Crippen LogP contribution in [0.25, 0.3) is 0 Å². The number of anilines is 1. The molecule has 0 atom stereocenters. The smallest absolute Gasteiger partial charge is 0.338 e. The third-order valence-corrected chi connectivity index (χ3v) is 3.01. The summed E-state index contributed by atoms with van der Waals surface area (Å²) in [6.07, 6.45) is 1.58. The van der Waals surface area contributed by atoms with Gasteiger partial charge in [0.1, 0.15) is 0 Å². The Hall–Kier alpha value is -2.12. The fourth-order valence-corrected chi connectivity index (χ4v) is 2.16. The SMILES string of the molecule is C=CCN(CCOC)c1c(Cl)cc([N+](=O)[O-])cc1C(=O)O. The molecule has 0 radical (unpaired) electrons. The van der Waals surface area contributed by atoms with Gasteiger partial charge in [-0.05, 0) is 0 Å². The number of methoxy groups -OCH3 is 1. The zero-order valence-corrected chi connectivity index (χ0v) is 12.2. The number of benzene rings is 1. The van der Waals surface area contributed by atoms with E-state index in [0.717, 1.165) is 12.1 Å². The molecule has 1 N–H and O–H groups in total. The van der Waals surface area contributed by atoms with Crippen molar-refractivity contribution < 1.29 is 19.6 Å². The second kappa shape index (κ2) is 7.61. The Morgan fingerprint density at radius 1 is 1.62 bits per heavy atom. The summed E-state index contributed by atoms with van der Waals surface area (Å²) >= 11 is 6.05. The normalized spacial score (nSPS) is 10.2. The van der Waals surface area contributed by atoms with E-state index in [0.29, 0.717) is 19.7 Å². The second-order valence-electron chi connectivity index (χ2n) is 4.11. The second-order valence-corrected chi connectivity index (χ2v) is 4.52. The molecule has 0 amide bonds. The van der Waals surface area contributed by atoms with E-state index in [1.54, 1.807) is 11.0 Å². The van der Waals surface area contributed by atoms with Crippen LogP contribution >= 0.6 is 11.6 Å². The Morgan fingerprint density at radius 3 is 2.76 bits per heavy atom. The first-order valence-corrected chi connectivity index (χ1v) is 6.36. The highest BCUT2D eigenvalue weighted by molar-refractivity contribution is 6.34. The lowest BCUT2D eigenvalue weighted by Crippen LogP contribution is -2.29. The van der Waals surface area contributed by atoms with Crippen LogP contribution in [0.4, 0.5) is 11.4 Å². The van der Waals surface area contributed by atoms with Crippen molar-refractivity contribution in [3.05, 3.63) is 45.5 Å². The van der Waals surface area contributed by atoms with Gasteiger partial charge in [0.2, 0.25) is 0 Å². The maximum Gasteiger partial charge on any atom is 0.338 e. The summed E-state index contributed by atoms with van der Waals surface area (Å²) in [7, 11) is 1.52. The van der Waals surface area contributed by atoms with Crippen LogP contribution in [0.15, 0.2) is 24.8 Å². The van der Waals surface area contributed by atoms with Gasteiger partial charge in [-0.2, -0.15) is 0 Å². The van der Waals surface area contributed by atoms with Gasteiger partial charge in [0, 0.05) is 32.3 Å². The number of carbonyl (C=O) groups is 1. The molecule has 21 heavy (non-hydrogen) atoms. The van der Waals surface area contributed by atoms with Crippen molar-refractivity contribution in [2.24, 2.45) is 0 Å². The number of carboxylic acids is 1. The molecule has 7 nitrogen and oxygen atoms in total. The molecule has 1 aromatic carbocycles. The van der Waals surface area contributed by atoms with Gasteiger partial charge < -0.3 is 14.7 Å². The van der Waals surface area contributed by atoms with E-state index in [1.165, 1.54) is 7.11 Å². The maximum atomic E-state index is 11.4. The molecule has 0 aliphatic heterocycles. The van der Waals surface area contributed by atoms with Gasteiger partial charge in [-0.25, -0.2) is 4.79 Å². The van der Waals surface area contributed by atoms with E-state index in [9.17, 15) is 20.0 Å². The van der Waals surface area contributed by atoms with Crippen molar-refractivity contribution in [3.8, 4) is 0 Å². The number of ether oxygens (including phenoxy) is 1. The molecule has 0 heterocycles. The predicted octanol–water partition coefficient (Wildman–Crippen LogP) is 2.59. The van der Waals surface area contributed by atoms with E-state index in [2.05, 4.69) is 6.58 Å². The minimum atomic E-state index is -1.29. The topological polar surface area (TPSA) is 92.9 Å². The molecular formula is C13H15ClN2O5. The Morgan fingerprint density at radius 2 is 2.29 bits per heavy atom. The van der Waals surface area contributed by atoms with E-state index >= 15 is 0 Å². The predicted molar refractivity (Wildman–Crippen MR) is 79.4 cm³/mol. The highest BCUT2D eigenvalue weighted by Gasteiger charge is 2.23. The Bertz CT molecular complexity index is 562. The van der Waals surface area contributed by atoms with Crippen LogP contribution in [0, 0.1) is 10.1 Å². The number of carboxylic acid groups (broad SMARTS) is 1. The molecule has 8 heteroatoms. The van der Waals surface area contributed by atoms with Gasteiger partial charge >= 0.3 is 5.97 Å². The lowest BCUT2D eigenvalue weighted by atomic mass is 10.1. The van der Waals surface area contributed by atoms with Crippen molar-refractivity contribution in [1.82, 2.24) is 0 Å². The van der Waals surface area contributed by atoms with Crippen LogP contribution in [0.5, 0.6) is 0 Å². The first kappa shape index (κ1) is 16.9. The quantitative estimate of drug-likeness (QED) is 0.450. The lowest BCUT2D eigenvalue weighted by Gasteiger charge is -2.25. The first-order chi connectivity index (χ1) is 9.92. The standard InChI is InChI=1S/C13H15ClN2O5/c1-3-4-15(5-6-21-2)12-10(13(17)18)7-9(16(19)20)8-11(12)14/h3,7-8H,1,4-6H2,2H3,(H,17,18). The van der Waals surface area contributed by atoms with Gasteiger partial charge in [-0.3, -0.25) is 10.1 Å². The summed E-state index contributed by atoms with van der Waals surface area (Å²) in [5, 5.41) is 20.1. The maximum absolute atomic E-state index is 11.4. The van der Waals surface area contributed by atoms with Crippen molar-refractivity contribution in [2.75, 3.05) is 31.7 Å². The summed E-state index contributed by atoms with van der Waals surface area (Å²) in [6, 6.07) is 2.12. The molecule has 0 spiro atoms. The number of nitro groups is 1. The highest BCUT2D eigenvalue weighted by Crippen LogP contribution is 2.34. The number of halogens is 1. The molecular weight excluding hydrogens is 300 g/mol. The van der Waals surface area contributed by atoms with Gasteiger partial charge in [0.15, 0.2) is 0 Å². The van der Waals surface area contributed by atoms with Crippen LogP contribution in [-0.4, -0.2) is 42.8 Å². The molecule has 1 rings (SSSR count). The first-order valence-electron chi connectivity index (χ1n) is 5.98. The van der Waals surface area contributed by atoms with Crippen LogP contribution in [0.3, 0.4) is 0 Å². The molecule has 0 aliphatic rings. The fraction of sp³-hybridized carbons (Fsp3) is 0.308. The van der Waals surface area contributed by atoms with Crippen molar-refractivity contribution in [3.63, 3.8) is 0 Å². The molecule has 114 valence electrons. The molecule has 0 unspecified atom stereocenters. The number of rotatable bonds is 8. The van der Waals surface area contributed by atoms with Crippen molar-refractivity contribution >= 4 is 28.9 Å². The molecule has 0 aliphatic carbocycles. The van der Waals surface area contributed by atoms with Crippen molar-refractivity contribution in [1.29, 1.82) is 0 Å². The molecule has 0 saturated carbocycles. The number of hydrogen-bond donors (Lipinski definition) is 1. The number of hydrogen-bond acceptors (Lipinski definition) is 5. The van der Waals surface area contributed by atoms with Crippen LogP contribution in [-0.2, 0) is 4.74 Å². The average molecular weight is 315 g/mol. The summed E-state index contributed by atoms with van der Waals surface area (Å²) in [6.45, 7) is 4.66. The van der Waals surface area contributed by atoms with Gasteiger partial charge in [0.05, 0.1) is 27.8 Å². The zero-order chi connectivity index (χ0) is 16.0. The minimum Gasteiger partial charge on any atom is -0.478 e. The monoisotopic (exact) mass is 314 g/mol. The highest BCUT2D eigenvalue weighted by atomic mass is 35.5. The van der Waals surface area contributed by atoms with Gasteiger partial charge in [-0.1, -0.05) is 17.7 Å². The molecule has 0 saturated heterocycles. The third kappa shape index (κ3) is 4.17. The number of nitrogens with zero attached hydrogens (tertiary/aromatic N) is 2. The zero-order valence-electron chi connectivity index (χ0n) is 11.4. The third-order valence-electron chi connectivity index (χ3n) is 2.72. The van der Waals surface area contributed by atoms with Gasteiger partial charge in [0.25, 0.3) is 5.69 Å². The summed E-state index contributed by atoms with van der Waals surface area (Å²) in [5.41, 5.74) is -0.384. The molecule has 0 fully saturated rings. The van der Waals surface area contributed by atoms with E-state index < -0.39 is 10.9 Å². The fourth-order valence-electron chi connectivity index (χ4n) is 1.83. The van der Waals surface area contributed by atoms with E-state index in [-0.39, 0.29) is 22.0 Å². The summed E-state index contributed by atoms with van der Waals surface area (Å²) in [4.78, 5) is 23.1. The summed E-state index contributed by atoms with van der Waals surface area (Å²) < 4.78 is 4.97. The Balaban J connectivity index is 3.39. The van der Waals surface area contributed by atoms with E-state index in [1.807, 2.05) is 0 Å². The van der Waals surface area contributed by atoms with Gasteiger partial charge in [-0.15, -0.1) is 6.58 Å². The molecule has 0 aromatic heterocycles. The largest absolute Gasteiger partial charge is 0.478 e.